The average Bonchev–Trinajstić information content (AvgIpc) is 3.46. The van der Waals surface area contributed by atoms with Crippen LogP contribution in [0.4, 0.5) is 10.5 Å². The molecule has 0 spiro atoms. The van der Waals surface area contributed by atoms with Gasteiger partial charge in [-0.05, 0) is 55.1 Å². The molecule has 45 heavy (non-hydrogen) atoms. The molecule has 3 aliphatic rings. The molecule has 0 unspecified atom stereocenters. The number of carboxylic acids is 1. The van der Waals surface area contributed by atoms with Crippen LogP contribution in [0, 0.1) is 22.0 Å². The SMILES string of the molecule is CCCN(C(=O)NCc1ccc([N+](=O)[O-])cc1)C1CCN(C[C@H]2CN([C@@H](C(=O)O)C3CCCCC3)C[C@@H]2c2ccccc2)CC1. The lowest BCUT2D eigenvalue weighted by Crippen LogP contribution is -2.51. The molecule has 2 saturated heterocycles. The first-order chi connectivity index (χ1) is 21.8. The van der Waals surface area contributed by atoms with Crippen molar-refractivity contribution in [2.24, 2.45) is 11.8 Å². The molecule has 2 aliphatic heterocycles. The molecular formula is C35H49N5O5. The topological polar surface area (TPSA) is 119 Å². The van der Waals surface area contributed by atoms with Crippen LogP contribution in [0.25, 0.3) is 0 Å². The van der Waals surface area contributed by atoms with Crippen molar-refractivity contribution in [3.63, 3.8) is 0 Å². The fourth-order valence-electron chi connectivity index (χ4n) is 7.95. The molecule has 2 heterocycles. The van der Waals surface area contributed by atoms with Crippen molar-refractivity contribution in [2.75, 3.05) is 39.3 Å². The number of nitrogens with zero attached hydrogens (tertiary/aromatic N) is 4. The highest BCUT2D eigenvalue weighted by atomic mass is 16.6. The maximum absolute atomic E-state index is 13.3. The number of nitro benzene ring substituents is 1. The van der Waals surface area contributed by atoms with E-state index in [4.69, 9.17) is 0 Å². The number of non-ortho nitro benzene ring substituents is 1. The van der Waals surface area contributed by atoms with Gasteiger partial charge in [0.25, 0.3) is 5.69 Å². The van der Waals surface area contributed by atoms with Crippen LogP contribution in [0.5, 0.6) is 0 Å². The molecular weight excluding hydrogens is 570 g/mol. The summed E-state index contributed by atoms with van der Waals surface area (Å²) < 4.78 is 0. The first-order valence-electron chi connectivity index (χ1n) is 16.9. The Morgan fingerprint density at radius 2 is 1.69 bits per heavy atom. The number of carbonyl (C=O) groups is 2. The number of hydrogen-bond donors (Lipinski definition) is 2. The minimum absolute atomic E-state index is 0.0378. The number of amides is 2. The number of likely N-dealkylation sites (tertiary alicyclic amines) is 2. The fourth-order valence-corrected chi connectivity index (χ4v) is 7.95. The van der Waals surface area contributed by atoms with Gasteiger partial charge in [-0.15, -0.1) is 0 Å². The second kappa shape index (κ2) is 15.7. The molecule has 2 N–H and O–H groups in total. The number of piperidine rings is 1. The van der Waals surface area contributed by atoms with E-state index in [-0.39, 0.29) is 23.7 Å². The Morgan fingerprint density at radius 1 is 1.00 bits per heavy atom. The molecule has 2 aromatic carbocycles. The van der Waals surface area contributed by atoms with Crippen LogP contribution < -0.4 is 5.32 Å². The Hall–Kier alpha value is -3.50. The van der Waals surface area contributed by atoms with E-state index in [9.17, 15) is 24.8 Å². The molecule has 2 aromatic rings. The van der Waals surface area contributed by atoms with Gasteiger partial charge in [-0.25, -0.2) is 4.79 Å². The van der Waals surface area contributed by atoms with Gasteiger partial charge in [0.1, 0.15) is 6.04 Å². The summed E-state index contributed by atoms with van der Waals surface area (Å²) in [6.45, 7) is 7.43. The van der Waals surface area contributed by atoms with E-state index >= 15 is 0 Å². The van der Waals surface area contributed by atoms with Gasteiger partial charge in [-0.2, -0.15) is 0 Å². The number of benzene rings is 2. The Kier molecular flexibility index (Phi) is 11.5. The zero-order valence-corrected chi connectivity index (χ0v) is 26.6. The summed E-state index contributed by atoms with van der Waals surface area (Å²) in [5, 5.41) is 24.3. The van der Waals surface area contributed by atoms with Crippen LogP contribution in [0.1, 0.15) is 75.3 Å². The van der Waals surface area contributed by atoms with Gasteiger partial charge in [-0.1, -0.05) is 68.7 Å². The van der Waals surface area contributed by atoms with Crippen LogP contribution in [0.2, 0.25) is 0 Å². The summed E-state index contributed by atoms with van der Waals surface area (Å²) in [4.78, 5) is 43.1. The van der Waals surface area contributed by atoms with Gasteiger partial charge in [-0.3, -0.25) is 19.8 Å². The van der Waals surface area contributed by atoms with E-state index in [1.807, 2.05) is 11.0 Å². The third kappa shape index (κ3) is 8.41. The molecule has 3 atom stereocenters. The molecule has 10 heteroatoms. The van der Waals surface area contributed by atoms with Crippen molar-refractivity contribution in [3.8, 4) is 0 Å². The Labute approximate surface area is 266 Å². The van der Waals surface area contributed by atoms with Gasteiger partial charge in [0.05, 0.1) is 4.92 Å². The standard InChI is InChI=1S/C35H49N5O5/c1-2-19-39(35(43)36-22-26-13-15-31(16-14-26)40(44)45)30-17-20-37(21-18-30)23-29-24-38(25-32(29)27-9-5-3-6-10-27)33(34(41)42)28-11-7-4-8-12-28/h3,5-6,9-10,13-16,28-30,32-33H,2,4,7-8,11-12,17-25H2,1H3,(H,36,43)(H,41,42)/t29-,32+,33+/m0/s1. The Bertz CT molecular complexity index is 1260. The molecule has 0 radical (unpaired) electrons. The third-order valence-electron chi connectivity index (χ3n) is 10.2. The number of hydrogen-bond acceptors (Lipinski definition) is 6. The first-order valence-corrected chi connectivity index (χ1v) is 16.9. The number of urea groups is 1. The summed E-state index contributed by atoms with van der Waals surface area (Å²) in [6, 6.07) is 16.6. The minimum Gasteiger partial charge on any atom is -0.480 e. The number of nitrogens with one attached hydrogen (secondary N) is 1. The largest absolute Gasteiger partial charge is 0.480 e. The number of carbonyl (C=O) groups excluding carboxylic acids is 1. The fraction of sp³-hybridized carbons (Fsp3) is 0.600. The summed E-state index contributed by atoms with van der Waals surface area (Å²) in [7, 11) is 0. The normalized spacial score (nSPS) is 22.6. The van der Waals surface area contributed by atoms with Crippen LogP contribution in [-0.4, -0.2) is 88.1 Å². The maximum Gasteiger partial charge on any atom is 0.321 e. The lowest BCUT2D eigenvalue weighted by molar-refractivity contribution is -0.384. The van der Waals surface area contributed by atoms with Crippen LogP contribution in [-0.2, 0) is 11.3 Å². The van der Waals surface area contributed by atoms with Gasteiger partial charge < -0.3 is 20.2 Å². The van der Waals surface area contributed by atoms with Crippen molar-refractivity contribution in [1.29, 1.82) is 0 Å². The van der Waals surface area contributed by atoms with Gasteiger partial charge in [0.2, 0.25) is 0 Å². The smallest absolute Gasteiger partial charge is 0.321 e. The third-order valence-corrected chi connectivity index (χ3v) is 10.2. The zero-order chi connectivity index (χ0) is 31.8. The van der Waals surface area contributed by atoms with Crippen molar-refractivity contribution in [3.05, 3.63) is 75.8 Å². The summed E-state index contributed by atoms with van der Waals surface area (Å²) in [5.41, 5.74) is 2.16. The predicted molar refractivity (Wildman–Crippen MR) is 174 cm³/mol. The molecule has 3 fully saturated rings. The van der Waals surface area contributed by atoms with E-state index < -0.39 is 16.9 Å². The predicted octanol–water partition coefficient (Wildman–Crippen LogP) is 5.73. The van der Waals surface area contributed by atoms with E-state index in [0.29, 0.717) is 24.9 Å². The van der Waals surface area contributed by atoms with Crippen LogP contribution in [0.15, 0.2) is 54.6 Å². The molecule has 5 rings (SSSR count). The molecule has 0 aromatic heterocycles. The van der Waals surface area contributed by atoms with Gasteiger partial charge >= 0.3 is 12.0 Å². The quantitative estimate of drug-likeness (QED) is 0.230. The van der Waals surface area contributed by atoms with Crippen LogP contribution >= 0.6 is 0 Å². The number of nitro groups is 1. The highest BCUT2D eigenvalue weighted by Gasteiger charge is 2.43. The molecule has 10 nitrogen and oxygen atoms in total. The van der Waals surface area contributed by atoms with E-state index in [1.54, 1.807) is 12.1 Å². The second-order valence-electron chi connectivity index (χ2n) is 13.2. The van der Waals surface area contributed by atoms with E-state index in [1.165, 1.54) is 24.1 Å². The summed E-state index contributed by atoms with van der Waals surface area (Å²) in [6.07, 6.45) is 8.17. The summed E-state index contributed by atoms with van der Waals surface area (Å²) in [5.74, 6) is 0.221. The molecule has 1 aliphatic carbocycles. The lowest BCUT2D eigenvalue weighted by atomic mass is 9.83. The van der Waals surface area contributed by atoms with E-state index in [0.717, 1.165) is 83.2 Å². The average molecular weight is 620 g/mol. The second-order valence-corrected chi connectivity index (χ2v) is 13.2. The highest BCUT2D eigenvalue weighted by molar-refractivity contribution is 5.75. The van der Waals surface area contributed by atoms with Gasteiger partial charge in [0, 0.05) is 69.9 Å². The van der Waals surface area contributed by atoms with Crippen molar-refractivity contribution in [2.45, 2.75) is 82.8 Å². The maximum atomic E-state index is 13.3. The van der Waals surface area contributed by atoms with Crippen molar-refractivity contribution >= 4 is 17.7 Å². The number of aliphatic carboxylic acids is 1. The molecule has 0 bridgehead atoms. The van der Waals surface area contributed by atoms with Crippen LogP contribution in [0.3, 0.4) is 0 Å². The Balaban J connectivity index is 1.19. The van der Waals surface area contributed by atoms with Crippen molar-refractivity contribution in [1.82, 2.24) is 20.0 Å². The summed E-state index contributed by atoms with van der Waals surface area (Å²) >= 11 is 0. The Morgan fingerprint density at radius 3 is 2.31 bits per heavy atom. The highest BCUT2D eigenvalue weighted by Crippen LogP contribution is 2.38. The number of carboxylic acid groups (broad SMARTS) is 1. The molecule has 1 saturated carbocycles. The van der Waals surface area contributed by atoms with Crippen molar-refractivity contribution < 1.29 is 19.6 Å². The molecule has 2 amide bonds. The molecule has 244 valence electrons. The lowest BCUT2D eigenvalue weighted by Gasteiger charge is -2.39. The van der Waals surface area contributed by atoms with E-state index in [2.05, 4.69) is 46.3 Å². The zero-order valence-electron chi connectivity index (χ0n) is 26.6. The monoisotopic (exact) mass is 619 g/mol. The number of rotatable bonds is 12. The minimum atomic E-state index is -0.668. The first kappa shape index (κ1) is 32.9. The van der Waals surface area contributed by atoms with Gasteiger partial charge in [0.15, 0.2) is 0 Å².